The summed E-state index contributed by atoms with van der Waals surface area (Å²) in [5, 5.41) is 0.800. The fourth-order valence-corrected chi connectivity index (χ4v) is 2.93. The van der Waals surface area contributed by atoms with E-state index in [-0.39, 0.29) is 0 Å². The second-order valence-corrected chi connectivity index (χ2v) is 5.47. The molecule has 1 fully saturated rings. The second kappa shape index (κ2) is 5.74. The van der Waals surface area contributed by atoms with Gasteiger partial charge in [0.05, 0.1) is 0 Å². The molecule has 2 nitrogen and oxygen atoms in total. The van der Waals surface area contributed by atoms with Crippen molar-refractivity contribution in [3.8, 4) is 0 Å². The second-order valence-electron chi connectivity index (χ2n) is 5.04. The summed E-state index contributed by atoms with van der Waals surface area (Å²) in [6, 6.07) is 8.36. The van der Waals surface area contributed by atoms with E-state index in [1.165, 1.54) is 18.5 Å². The number of halogens is 1. The summed E-state index contributed by atoms with van der Waals surface area (Å²) in [4.78, 5) is 2.38. The van der Waals surface area contributed by atoms with Crippen LogP contribution in [0.15, 0.2) is 24.3 Å². The zero-order valence-corrected chi connectivity index (χ0v) is 11.2. The minimum Gasteiger partial charge on any atom is -0.370 e. The Morgan fingerprint density at radius 3 is 2.94 bits per heavy atom. The van der Waals surface area contributed by atoms with E-state index in [9.17, 15) is 0 Å². The summed E-state index contributed by atoms with van der Waals surface area (Å²) >= 11 is 6.04. The Kier molecular flexibility index (Phi) is 4.30. The van der Waals surface area contributed by atoms with Crippen LogP contribution in [0.2, 0.25) is 5.02 Å². The molecule has 2 unspecified atom stereocenters. The lowest BCUT2D eigenvalue weighted by atomic mass is 9.90. The van der Waals surface area contributed by atoms with Crippen LogP contribution in [0, 0.1) is 5.92 Å². The van der Waals surface area contributed by atoms with E-state index in [4.69, 9.17) is 17.3 Å². The Balaban J connectivity index is 2.09. The van der Waals surface area contributed by atoms with Gasteiger partial charge in [-0.1, -0.05) is 31.0 Å². The van der Waals surface area contributed by atoms with Crippen molar-refractivity contribution in [2.24, 2.45) is 11.7 Å². The number of anilines is 1. The lowest BCUT2D eigenvalue weighted by Crippen LogP contribution is -2.47. The van der Waals surface area contributed by atoms with E-state index in [1.807, 2.05) is 18.2 Å². The third-order valence-corrected chi connectivity index (χ3v) is 3.67. The first-order valence-electron chi connectivity index (χ1n) is 6.45. The lowest BCUT2D eigenvalue weighted by Gasteiger charge is -2.38. The van der Waals surface area contributed by atoms with Crippen LogP contribution in [0.1, 0.15) is 26.2 Å². The first-order chi connectivity index (χ1) is 8.19. The third kappa shape index (κ3) is 3.36. The molecule has 2 atom stereocenters. The predicted octanol–water partition coefficient (Wildman–Crippen LogP) is 3.29. The lowest BCUT2D eigenvalue weighted by molar-refractivity contribution is 0.355. The van der Waals surface area contributed by atoms with Crippen molar-refractivity contribution in [1.82, 2.24) is 0 Å². The highest BCUT2D eigenvalue weighted by molar-refractivity contribution is 6.30. The maximum atomic E-state index is 6.15. The first-order valence-corrected chi connectivity index (χ1v) is 6.83. The molecule has 0 bridgehead atoms. The van der Waals surface area contributed by atoms with Gasteiger partial charge in [-0.2, -0.15) is 0 Å². The molecule has 94 valence electrons. The normalized spacial score (nSPS) is 25.0. The molecule has 1 aliphatic rings. The Labute approximate surface area is 109 Å². The van der Waals surface area contributed by atoms with Crippen LogP contribution in [0.3, 0.4) is 0 Å². The third-order valence-electron chi connectivity index (χ3n) is 3.44. The fraction of sp³-hybridized carbons (Fsp3) is 0.571. The number of benzene rings is 1. The summed E-state index contributed by atoms with van der Waals surface area (Å²) in [6.45, 7) is 4.30. The highest BCUT2D eigenvalue weighted by Gasteiger charge is 2.24. The maximum absolute atomic E-state index is 6.15. The standard InChI is InChI=1S/C14H21ClN2/c1-2-4-11-7-13(16)10-17(9-11)14-6-3-5-12(15)8-14/h3,5-6,8,11,13H,2,4,7,9-10,16H2,1H3. The molecular weight excluding hydrogens is 232 g/mol. The Hall–Kier alpha value is -0.730. The van der Waals surface area contributed by atoms with Crippen molar-refractivity contribution in [2.75, 3.05) is 18.0 Å². The summed E-state index contributed by atoms with van der Waals surface area (Å²) in [7, 11) is 0. The Morgan fingerprint density at radius 2 is 2.24 bits per heavy atom. The number of nitrogens with two attached hydrogens (primary N) is 1. The Bertz CT molecular complexity index is 367. The van der Waals surface area contributed by atoms with Crippen LogP contribution >= 0.6 is 11.6 Å². The van der Waals surface area contributed by atoms with Gasteiger partial charge < -0.3 is 10.6 Å². The summed E-state index contributed by atoms with van der Waals surface area (Å²) < 4.78 is 0. The quantitative estimate of drug-likeness (QED) is 0.895. The van der Waals surface area contributed by atoms with E-state index >= 15 is 0 Å². The van der Waals surface area contributed by atoms with Gasteiger partial charge in [0.2, 0.25) is 0 Å². The van der Waals surface area contributed by atoms with Gasteiger partial charge in [0.1, 0.15) is 0 Å². The predicted molar refractivity (Wildman–Crippen MR) is 74.7 cm³/mol. The zero-order chi connectivity index (χ0) is 12.3. The maximum Gasteiger partial charge on any atom is 0.0426 e. The van der Waals surface area contributed by atoms with Gasteiger partial charge in [-0.25, -0.2) is 0 Å². The molecular formula is C14H21ClN2. The van der Waals surface area contributed by atoms with Crippen molar-refractivity contribution in [1.29, 1.82) is 0 Å². The van der Waals surface area contributed by atoms with E-state index in [0.29, 0.717) is 6.04 Å². The van der Waals surface area contributed by atoms with Crippen molar-refractivity contribution in [3.63, 3.8) is 0 Å². The van der Waals surface area contributed by atoms with Crippen molar-refractivity contribution in [2.45, 2.75) is 32.2 Å². The summed E-state index contributed by atoms with van der Waals surface area (Å²) in [5.74, 6) is 0.725. The number of piperidine rings is 1. The number of hydrogen-bond donors (Lipinski definition) is 1. The zero-order valence-electron chi connectivity index (χ0n) is 10.4. The van der Waals surface area contributed by atoms with Crippen LogP contribution in [0.25, 0.3) is 0 Å². The molecule has 0 aromatic heterocycles. The topological polar surface area (TPSA) is 29.3 Å². The average molecular weight is 253 g/mol. The van der Waals surface area contributed by atoms with Crippen LogP contribution in [0.5, 0.6) is 0 Å². The molecule has 1 heterocycles. The first kappa shape index (κ1) is 12.7. The van der Waals surface area contributed by atoms with E-state index in [2.05, 4.69) is 17.9 Å². The molecule has 1 aliphatic heterocycles. The Morgan fingerprint density at radius 1 is 1.41 bits per heavy atom. The van der Waals surface area contributed by atoms with E-state index in [1.54, 1.807) is 0 Å². The van der Waals surface area contributed by atoms with Gasteiger partial charge in [-0.3, -0.25) is 0 Å². The van der Waals surface area contributed by atoms with Crippen LogP contribution in [-0.4, -0.2) is 19.1 Å². The van der Waals surface area contributed by atoms with E-state index < -0.39 is 0 Å². The minimum absolute atomic E-state index is 0.291. The summed E-state index contributed by atoms with van der Waals surface area (Å²) in [6.07, 6.45) is 3.66. The molecule has 3 heteroatoms. The van der Waals surface area contributed by atoms with E-state index in [0.717, 1.165) is 30.5 Å². The number of rotatable bonds is 3. The van der Waals surface area contributed by atoms with Crippen LogP contribution < -0.4 is 10.6 Å². The van der Waals surface area contributed by atoms with Gasteiger partial charge in [-0.15, -0.1) is 0 Å². The highest BCUT2D eigenvalue weighted by atomic mass is 35.5. The highest BCUT2D eigenvalue weighted by Crippen LogP contribution is 2.26. The number of nitrogens with zero attached hydrogens (tertiary/aromatic N) is 1. The average Bonchev–Trinajstić information content (AvgIpc) is 2.28. The molecule has 1 aromatic carbocycles. The van der Waals surface area contributed by atoms with Gasteiger partial charge >= 0.3 is 0 Å². The van der Waals surface area contributed by atoms with Crippen molar-refractivity contribution < 1.29 is 0 Å². The molecule has 0 amide bonds. The van der Waals surface area contributed by atoms with Crippen LogP contribution in [-0.2, 0) is 0 Å². The van der Waals surface area contributed by atoms with Gasteiger partial charge in [-0.05, 0) is 37.0 Å². The molecule has 17 heavy (non-hydrogen) atoms. The smallest absolute Gasteiger partial charge is 0.0426 e. The molecule has 1 saturated heterocycles. The largest absolute Gasteiger partial charge is 0.370 e. The van der Waals surface area contributed by atoms with Crippen LogP contribution in [0.4, 0.5) is 5.69 Å². The molecule has 1 aromatic rings. The summed E-state index contributed by atoms with van der Waals surface area (Å²) in [5.41, 5.74) is 7.35. The number of hydrogen-bond acceptors (Lipinski definition) is 2. The molecule has 0 aliphatic carbocycles. The molecule has 2 rings (SSSR count). The van der Waals surface area contributed by atoms with Crippen molar-refractivity contribution >= 4 is 17.3 Å². The van der Waals surface area contributed by atoms with Gasteiger partial charge in [0.15, 0.2) is 0 Å². The van der Waals surface area contributed by atoms with Gasteiger partial charge in [0, 0.05) is 29.8 Å². The molecule has 0 radical (unpaired) electrons. The molecule has 0 saturated carbocycles. The van der Waals surface area contributed by atoms with Crippen molar-refractivity contribution in [3.05, 3.63) is 29.3 Å². The SMILES string of the molecule is CCCC1CC(N)CN(c2cccc(Cl)c2)C1. The fourth-order valence-electron chi connectivity index (χ4n) is 2.75. The monoisotopic (exact) mass is 252 g/mol. The van der Waals surface area contributed by atoms with Gasteiger partial charge in [0.25, 0.3) is 0 Å². The molecule has 0 spiro atoms. The minimum atomic E-state index is 0.291. The molecule has 2 N–H and O–H groups in total.